The monoisotopic (exact) mass is 313 g/mol. The molecular weight excluding hydrogens is 298 g/mol. The quantitative estimate of drug-likeness (QED) is 0.752. The average molecular weight is 313 g/mol. The number of nitrogens with zero attached hydrogens (tertiary/aromatic N) is 2. The number of aldehydes is 1. The zero-order valence-electron chi connectivity index (χ0n) is 12.3. The number of imidazole rings is 1. The van der Waals surface area contributed by atoms with Crippen molar-refractivity contribution in [3.8, 4) is 11.3 Å². The van der Waals surface area contributed by atoms with Crippen molar-refractivity contribution in [1.82, 2.24) is 9.38 Å². The molecule has 0 aliphatic carbocycles. The van der Waals surface area contributed by atoms with Crippen LogP contribution in [0.3, 0.4) is 0 Å². The Bertz CT molecular complexity index is 875. The molecule has 2 heterocycles. The highest BCUT2D eigenvalue weighted by atomic mass is 32.1. The van der Waals surface area contributed by atoms with Crippen molar-refractivity contribution in [1.29, 1.82) is 0 Å². The molecule has 0 fully saturated rings. The molecule has 0 bridgehead atoms. The van der Waals surface area contributed by atoms with Gasteiger partial charge in [0.15, 0.2) is 11.2 Å². The summed E-state index contributed by atoms with van der Waals surface area (Å²) in [6.45, 7) is 3.86. The van der Waals surface area contributed by atoms with Crippen molar-refractivity contribution in [3.05, 3.63) is 46.1 Å². The van der Waals surface area contributed by atoms with E-state index in [1.165, 1.54) is 16.9 Å². The molecule has 1 amide bonds. The fraction of sp³-hybridized carbons (Fsp3) is 0.188. The van der Waals surface area contributed by atoms with Crippen molar-refractivity contribution in [2.75, 3.05) is 0 Å². The minimum absolute atomic E-state index is 0.429. The van der Waals surface area contributed by atoms with Gasteiger partial charge in [0.25, 0.3) is 5.91 Å². The first-order valence-electron chi connectivity index (χ1n) is 6.93. The van der Waals surface area contributed by atoms with Crippen molar-refractivity contribution < 1.29 is 9.59 Å². The molecule has 1 aromatic carbocycles. The summed E-state index contributed by atoms with van der Waals surface area (Å²) >= 11 is 1.20. The van der Waals surface area contributed by atoms with E-state index in [0.717, 1.165) is 18.3 Å². The van der Waals surface area contributed by atoms with E-state index in [2.05, 4.69) is 11.9 Å². The molecule has 22 heavy (non-hydrogen) atoms. The summed E-state index contributed by atoms with van der Waals surface area (Å²) < 4.78 is 1.70. The van der Waals surface area contributed by atoms with Crippen LogP contribution in [0.5, 0.6) is 0 Å². The Balaban J connectivity index is 2.22. The SMILES string of the molecule is CCc1ccc(-c2nc3sc(C(N)=O)c(C)n3c2C=O)cc1. The first-order chi connectivity index (χ1) is 10.6. The lowest BCUT2D eigenvalue weighted by atomic mass is 10.1. The zero-order valence-corrected chi connectivity index (χ0v) is 13.1. The molecule has 3 aromatic rings. The average Bonchev–Trinajstić information content (AvgIpc) is 3.04. The molecule has 2 N–H and O–H groups in total. The van der Waals surface area contributed by atoms with Crippen LogP contribution in [0.15, 0.2) is 24.3 Å². The first kappa shape index (κ1) is 14.5. The van der Waals surface area contributed by atoms with Crippen LogP contribution in [-0.4, -0.2) is 21.6 Å². The molecule has 0 radical (unpaired) electrons. The van der Waals surface area contributed by atoms with E-state index < -0.39 is 5.91 Å². The number of carbonyl (C=O) groups excluding carboxylic acids is 2. The van der Waals surface area contributed by atoms with E-state index in [-0.39, 0.29) is 0 Å². The molecule has 0 aliphatic rings. The number of nitrogens with two attached hydrogens (primary N) is 1. The number of amides is 1. The molecule has 5 nitrogen and oxygen atoms in total. The van der Waals surface area contributed by atoms with Gasteiger partial charge < -0.3 is 5.73 Å². The van der Waals surface area contributed by atoms with Gasteiger partial charge in [-0.1, -0.05) is 42.5 Å². The summed E-state index contributed by atoms with van der Waals surface area (Å²) in [6.07, 6.45) is 1.73. The number of fused-ring (bicyclic) bond motifs is 1. The summed E-state index contributed by atoms with van der Waals surface area (Å²) in [7, 11) is 0. The summed E-state index contributed by atoms with van der Waals surface area (Å²) in [5, 5.41) is 0. The highest BCUT2D eigenvalue weighted by Gasteiger charge is 2.21. The zero-order chi connectivity index (χ0) is 15.9. The number of primary amides is 1. The van der Waals surface area contributed by atoms with Crippen LogP contribution in [0.25, 0.3) is 16.2 Å². The molecule has 0 atom stereocenters. The van der Waals surface area contributed by atoms with E-state index in [0.29, 0.717) is 26.9 Å². The highest BCUT2D eigenvalue weighted by Crippen LogP contribution is 2.30. The van der Waals surface area contributed by atoms with Gasteiger partial charge in [-0.05, 0) is 18.9 Å². The van der Waals surface area contributed by atoms with Gasteiger partial charge in [-0.3, -0.25) is 14.0 Å². The van der Waals surface area contributed by atoms with Crippen LogP contribution in [0.1, 0.15) is 38.3 Å². The van der Waals surface area contributed by atoms with Gasteiger partial charge in [-0.15, -0.1) is 0 Å². The topological polar surface area (TPSA) is 77.5 Å². The van der Waals surface area contributed by atoms with Crippen LogP contribution in [0.2, 0.25) is 0 Å². The second-order valence-electron chi connectivity index (χ2n) is 5.01. The van der Waals surface area contributed by atoms with Crippen molar-refractivity contribution >= 4 is 28.5 Å². The van der Waals surface area contributed by atoms with Crippen LogP contribution < -0.4 is 5.73 Å². The Morgan fingerprint density at radius 2 is 2.05 bits per heavy atom. The molecule has 6 heteroatoms. The summed E-state index contributed by atoms with van der Waals surface area (Å²) in [5.74, 6) is -0.501. The maximum atomic E-state index is 11.6. The standard InChI is InChI=1S/C16H15N3O2S/c1-3-10-4-6-11(7-5-10)13-12(8-20)19-9(2)14(15(17)21)22-16(19)18-13/h4-8H,3H2,1-2H3,(H2,17,21). The predicted octanol–water partition coefficient (Wildman–Crippen LogP) is 2.85. The Labute approximate surface area is 131 Å². The van der Waals surface area contributed by atoms with E-state index in [9.17, 15) is 9.59 Å². The van der Waals surface area contributed by atoms with Gasteiger partial charge in [0.1, 0.15) is 16.3 Å². The molecule has 0 spiro atoms. The van der Waals surface area contributed by atoms with Crippen LogP contribution >= 0.6 is 11.3 Å². The second kappa shape index (κ2) is 5.38. The highest BCUT2D eigenvalue weighted by molar-refractivity contribution is 7.19. The normalized spacial score (nSPS) is 11.0. The van der Waals surface area contributed by atoms with Gasteiger partial charge in [-0.2, -0.15) is 0 Å². The fourth-order valence-electron chi connectivity index (χ4n) is 2.52. The number of aromatic nitrogens is 2. The lowest BCUT2D eigenvalue weighted by molar-refractivity contribution is 0.100. The number of hydrogen-bond donors (Lipinski definition) is 1. The number of rotatable bonds is 4. The molecule has 0 aliphatic heterocycles. The van der Waals surface area contributed by atoms with Crippen LogP contribution in [-0.2, 0) is 6.42 Å². The summed E-state index contributed by atoms with van der Waals surface area (Å²) in [6, 6.07) is 7.98. The summed E-state index contributed by atoms with van der Waals surface area (Å²) in [5.41, 5.74) is 9.19. The first-order valence-corrected chi connectivity index (χ1v) is 7.74. The lowest BCUT2D eigenvalue weighted by Gasteiger charge is -2.02. The van der Waals surface area contributed by atoms with Crippen LogP contribution in [0.4, 0.5) is 0 Å². The molecule has 0 unspecified atom stereocenters. The maximum Gasteiger partial charge on any atom is 0.260 e. The Morgan fingerprint density at radius 1 is 1.36 bits per heavy atom. The van der Waals surface area contributed by atoms with Crippen molar-refractivity contribution in [2.24, 2.45) is 5.73 Å². The fourth-order valence-corrected chi connectivity index (χ4v) is 3.50. The Hall–Kier alpha value is -2.47. The largest absolute Gasteiger partial charge is 0.365 e. The van der Waals surface area contributed by atoms with Gasteiger partial charge in [0.05, 0.1) is 0 Å². The van der Waals surface area contributed by atoms with E-state index >= 15 is 0 Å². The molecular formula is C16H15N3O2S. The van der Waals surface area contributed by atoms with E-state index in [1.54, 1.807) is 11.3 Å². The third-order valence-electron chi connectivity index (χ3n) is 3.71. The second-order valence-corrected chi connectivity index (χ2v) is 5.99. The molecule has 3 rings (SSSR count). The van der Waals surface area contributed by atoms with Gasteiger partial charge in [0.2, 0.25) is 0 Å². The van der Waals surface area contributed by atoms with Crippen LogP contribution in [0, 0.1) is 6.92 Å². The number of carbonyl (C=O) groups is 2. The number of hydrogen-bond acceptors (Lipinski definition) is 4. The third kappa shape index (κ3) is 2.12. The Kier molecular flexibility index (Phi) is 3.54. The minimum atomic E-state index is -0.501. The van der Waals surface area contributed by atoms with Crippen molar-refractivity contribution in [3.63, 3.8) is 0 Å². The number of benzene rings is 1. The minimum Gasteiger partial charge on any atom is -0.365 e. The van der Waals surface area contributed by atoms with E-state index in [1.807, 2.05) is 24.3 Å². The van der Waals surface area contributed by atoms with Crippen molar-refractivity contribution in [2.45, 2.75) is 20.3 Å². The molecule has 0 saturated heterocycles. The summed E-state index contributed by atoms with van der Waals surface area (Å²) in [4.78, 5) is 28.5. The molecule has 112 valence electrons. The third-order valence-corrected chi connectivity index (χ3v) is 4.87. The van der Waals surface area contributed by atoms with Gasteiger partial charge in [0, 0.05) is 11.3 Å². The van der Waals surface area contributed by atoms with Gasteiger partial charge in [-0.25, -0.2) is 4.98 Å². The maximum absolute atomic E-state index is 11.6. The van der Waals surface area contributed by atoms with E-state index in [4.69, 9.17) is 5.73 Å². The molecule has 2 aromatic heterocycles. The molecule has 0 saturated carbocycles. The Morgan fingerprint density at radius 3 is 2.59 bits per heavy atom. The number of aryl methyl sites for hydroxylation is 2. The number of thiazole rings is 1. The smallest absolute Gasteiger partial charge is 0.260 e. The lowest BCUT2D eigenvalue weighted by Crippen LogP contribution is -2.11. The predicted molar refractivity (Wildman–Crippen MR) is 86.5 cm³/mol. The van der Waals surface area contributed by atoms with Gasteiger partial charge >= 0.3 is 0 Å².